The smallest absolute Gasteiger partial charge is 0.333 e. The van der Waals surface area contributed by atoms with Crippen molar-refractivity contribution in [3.8, 4) is 11.5 Å². The molecule has 154 valence electrons. The predicted molar refractivity (Wildman–Crippen MR) is 112 cm³/mol. The molecule has 0 radical (unpaired) electrons. The second-order valence-electron chi connectivity index (χ2n) is 7.13. The first-order chi connectivity index (χ1) is 15.0. The van der Waals surface area contributed by atoms with Crippen LogP contribution in [0.25, 0.3) is 6.08 Å². The number of likely N-dealkylation sites (N-methyl/N-ethyl adjacent to an activating group) is 2. The largest absolute Gasteiger partial charge is 0.449 e. The van der Waals surface area contributed by atoms with Crippen molar-refractivity contribution in [3.05, 3.63) is 72.0 Å². The van der Waals surface area contributed by atoms with Gasteiger partial charge in [-0.15, -0.1) is 0 Å². The summed E-state index contributed by atoms with van der Waals surface area (Å²) in [5.74, 6) is 0.395. The molecule has 31 heavy (non-hydrogen) atoms. The summed E-state index contributed by atoms with van der Waals surface area (Å²) in [4.78, 5) is 40.7. The summed E-state index contributed by atoms with van der Waals surface area (Å²) in [5, 5.41) is 0. The molecule has 2 aromatic carbocycles. The molecule has 2 aliphatic heterocycles. The number of urea groups is 1. The van der Waals surface area contributed by atoms with E-state index in [0.717, 1.165) is 21.2 Å². The zero-order valence-electron chi connectivity index (χ0n) is 16.7. The number of rotatable bonds is 2. The van der Waals surface area contributed by atoms with E-state index in [0.29, 0.717) is 17.4 Å². The van der Waals surface area contributed by atoms with Crippen molar-refractivity contribution >= 4 is 41.2 Å². The number of fused-ring (bicyclic) bond motifs is 2. The average molecular weight is 415 g/mol. The van der Waals surface area contributed by atoms with Crippen molar-refractivity contribution in [1.29, 1.82) is 0 Å². The van der Waals surface area contributed by atoms with E-state index in [1.165, 1.54) is 20.2 Å². The van der Waals surface area contributed by atoms with Gasteiger partial charge < -0.3 is 9.15 Å². The minimum absolute atomic E-state index is 0.167. The molecule has 1 fully saturated rings. The first-order valence-electron chi connectivity index (χ1n) is 9.53. The van der Waals surface area contributed by atoms with E-state index >= 15 is 0 Å². The molecular formula is C23H17N3O5. The number of anilines is 3. The normalized spacial score (nSPS) is 15.6. The topological polar surface area (TPSA) is 83.3 Å². The Bertz CT molecular complexity index is 1240. The number of hydrogen-bond acceptors (Lipinski definition) is 6. The molecule has 4 amide bonds. The van der Waals surface area contributed by atoms with Crippen LogP contribution in [0.15, 0.2) is 70.7 Å². The van der Waals surface area contributed by atoms with E-state index in [1.807, 2.05) is 59.5 Å². The van der Waals surface area contributed by atoms with Crippen LogP contribution >= 0.6 is 0 Å². The highest BCUT2D eigenvalue weighted by atomic mass is 16.5. The molecule has 0 aliphatic carbocycles. The van der Waals surface area contributed by atoms with E-state index < -0.39 is 17.8 Å². The lowest BCUT2D eigenvalue weighted by atomic mass is 10.1. The van der Waals surface area contributed by atoms with Gasteiger partial charge in [0.1, 0.15) is 11.3 Å². The van der Waals surface area contributed by atoms with Crippen molar-refractivity contribution in [3.63, 3.8) is 0 Å². The number of furan rings is 1. The van der Waals surface area contributed by atoms with Gasteiger partial charge in [-0.2, -0.15) is 0 Å². The third kappa shape index (κ3) is 2.88. The summed E-state index contributed by atoms with van der Waals surface area (Å²) >= 11 is 0. The molecule has 0 saturated carbocycles. The van der Waals surface area contributed by atoms with Crippen LogP contribution in [0.4, 0.5) is 22.1 Å². The van der Waals surface area contributed by atoms with Gasteiger partial charge in [0.15, 0.2) is 11.5 Å². The third-order valence-corrected chi connectivity index (χ3v) is 5.17. The Kier molecular flexibility index (Phi) is 4.14. The Balaban J connectivity index is 1.62. The highest BCUT2D eigenvalue weighted by Gasteiger charge is 2.38. The molecule has 8 nitrogen and oxygen atoms in total. The number of ether oxygens (including phenoxy) is 1. The minimum atomic E-state index is -0.688. The quantitative estimate of drug-likeness (QED) is 0.359. The van der Waals surface area contributed by atoms with Crippen LogP contribution in [0, 0.1) is 0 Å². The first kappa shape index (κ1) is 18.7. The van der Waals surface area contributed by atoms with Crippen LogP contribution in [-0.2, 0) is 9.59 Å². The number of hydrogen-bond donors (Lipinski definition) is 0. The Labute approximate surface area is 177 Å². The molecular weight excluding hydrogens is 398 g/mol. The number of carbonyl (C=O) groups excluding carboxylic acids is 3. The summed E-state index contributed by atoms with van der Waals surface area (Å²) in [5.41, 5.74) is 1.49. The van der Waals surface area contributed by atoms with Gasteiger partial charge in [-0.05, 0) is 30.3 Å². The van der Waals surface area contributed by atoms with E-state index in [2.05, 4.69) is 0 Å². The monoisotopic (exact) mass is 415 g/mol. The van der Waals surface area contributed by atoms with Crippen molar-refractivity contribution < 1.29 is 23.5 Å². The number of benzene rings is 2. The third-order valence-electron chi connectivity index (χ3n) is 5.17. The molecule has 5 rings (SSSR count). The van der Waals surface area contributed by atoms with Gasteiger partial charge in [0.2, 0.25) is 5.88 Å². The summed E-state index contributed by atoms with van der Waals surface area (Å²) in [7, 11) is 2.65. The number of carbonyl (C=O) groups is 3. The molecule has 0 bridgehead atoms. The van der Waals surface area contributed by atoms with Crippen molar-refractivity contribution in [2.24, 2.45) is 0 Å². The number of amides is 4. The summed E-state index contributed by atoms with van der Waals surface area (Å²) in [6.07, 6.45) is 1.33. The average Bonchev–Trinajstić information content (AvgIpc) is 3.20. The number of para-hydroxylation sites is 3. The summed E-state index contributed by atoms with van der Waals surface area (Å²) in [6, 6.07) is 18.1. The molecule has 0 atom stereocenters. The fourth-order valence-corrected chi connectivity index (χ4v) is 3.59. The molecule has 0 N–H and O–H groups in total. The molecule has 3 aromatic rings. The standard InChI is InChI=1S/C23H17N3O5/c1-24-20(27)16(21(28)25(2)23(24)29)12-15-13-19-22(30-15)26(14-8-4-3-5-9-14)17-10-6-7-11-18(17)31-19/h3-13H,1-2H3. The molecule has 1 saturated heterocycles. The maximum Gasteiger partial charge on any atom is 0.333 e. The molecule has 8 heteroatoms. The van der Waals surface area contributed by atoms with Crippen molar-refractivity contribution in [1.82, 2.24) is 9.80 Å². The Morgan fingerprint density at radius 3 is 2.16 bits per heavy atom. The van der Waals surface area contributed by atoms with Crippen molar-refractivity contribution in [2.45, 2.75) is 0 Å². The maximum atomic E-state index is 12.5. The van der Waals surface area contributed by atoms with E-state index in [1.54, 1.807) is 6.07 Å². The fourth-order valence-electron chi connectivity index (χ4n) is 3.59. The van der Waals surface area contributed by atoms with Gasteiger partial charge in [-0.25, -0.2) is 4.79 Å². The molecule has 0 spiro atoms. The number of imide groups is 2. The molecule has 1 aromatic heterocycles. The van der Waals surface area contributed by atoms with E-state index in [9.17, 15) is 14.4 Å². The lowest BCUT2D eigenvalue weighted by Gasteiger charge is -2.29. The van der Waals surface area contributed by atoms with Gasteiger partial charge in [-0.1, -0.05) is 30.3 Å². The number of barbiturate groups is 1. The van der Waals surface area contributed by atoms with Crippen LogP contribution in [0.1, 0.15) is 5.76 Å². The number of nitrogens with zero attached hydrogens (tertiary/aromatic N) is 3. The zero-order valence-corrected chi connectivity index (χ0v) is 16.7. The molecule has 2 aliphatic rings. The molecule has 3 heterocycles. The SMILES string of the molecule is CN1C(=O)C(=Cc2cc3c(o2)N(c2ccccc2)c2ccccc2O3)C(=O)N(C)C1=O. The Morgan fingerprint density at radius 2 is 1.45 bits per heavy atom. The Morgan fingerprint density at radius 1 is 0.806 bits per heavy atom. The van der Waals surface area contributed by atoms with Crippen LogP contribution < -0.4 is 9.64 Å². The van der Waals surface area contributed by atoms with Crippen LogP contribution in [0.3, 0.4) is 0 Å². The van der Waals surface area contributed by atoms with Crippen molar-refractivity contribution in [2.75, 3.05) is 19.0 Å². The Hall–Kier alpha value is -4.33. The maximum absolute atomic E-state index is 12.5. The highest BCUT2D eigenvalue weighted by Crippen LogP contribution is 2.51. The predicted octanol–water partition coefficient (Wildman–Crippen LogP) is 4.29. The van der Waals surface area contributed by atoms with Gasteiger partial charge in [-0.3, -0.25) is 24.3 Å². The second-order valence-corrected chi connectivity index (χ2v) is 7.13. The van der Waals surface area contributed by atoms with Crippen LogP contribution in [0.5, 0.6) is 11.5 Å². The van der Waals surface area contributed by atoms with Gasteiger partial charge in [0.25, 0.3) is 11.8 Å². The molecule has 0 unspecified atom stereocenters. The zero-order chi connectivity index (χ0) is 21.7. The van der Waals surface area contributed by atoms with Gasteiger partial charge >= 0.3 is 6.03 Å². The highest BCUT2D eigenvalue weighted by molar-refractivity contribution is 6.30. The van der Waals surface area contributed by atoms with Crippen LogP contribution in [-0.4, -0.2) is 41.7 Å². The van der Waals surface area contributed by atoms with E-state index in [4.69, 9.17) is 9.15 Å². The first-order valence-corrected chi connectivity index (χ1v) is 9.53. The fraction of sp³-hybridized carbons (Fsp3) is 0.0870. The van der Waals surface area contributed by atoms with Gasteiger partial charge in [0.05, 0.1) is 5.69 Å². The van der Waals surface area contributed by atoms with Gasteiger partial charge in [0, 0.05) is 25.8 Å². The summed E-state index contributed by atoms with van der Waals surface area (Å²) < 4.78 is 12.0. The second kappa shape index (κ2) is 6.88. The minimum Gasteiger partial charge on any atom is -0.449 e. The lowest BCUT2D eigenvalue weighted by Crippen LogP contribution is -2.52. The van der Waals surface area contributed by atoms with E-state index in [-0.39, 0.29) is 11.3 Å². The van der Waals surface area contributed by atoms with Crippen LogP contribution in [0.2, 0.25) is 0 Å². The summed E-state index contributed by atoms with van der Waals surface area (Å²) in [6.45, 7) is 0. The lowest BCUT2D eigenvalue weighted by molar-refractivity contribution is -0.134.